The first-order chi connectivity index (χ1) is 18.8. The van der Waals surface area contributed by atoms with E-state index in [-0.39, 0.29) is 61.9 Å². The van der Waals surface area contributed by atoms with Gasteiger partial charge in [0, 0.05) is 26.1 Å². The summed E-state index contributed by atoms with van der Waals surface area (Å²) in [5.41, 5.74) is 2.61. The largest absolute Gasteiger partial charge is 0.508 e. The summed E-state index contributed by atoms with van der Waals surface area (Å²) in [5, 5.41) is 13.1. The average molecular weight is 528 g/mol. The molecule has 39 heavy (non-hydrogen) atoms. The second kappa shape index (κ2) is 11.2. The molecule has 3 heterocycles. The number of hydrogen-bond acceptors (Lipinski definition) is 6. The van der Waals surface area contributed by atoms with E-state index in [1.165, 1.54) is 0 Å². The highest BCUT2D eigenvalue weighted by atomic mass is 16.3. The Balaban J connectivity index is 1.47. The van der Waals surface area contributed by atoms with Crippen LogP contribution < -0.4 is 0 Å². The van der Waals surface area contributed by atoms with Gasteiger partial charge in [0.1, 0.15) is 18.0 Å². The molecule has 0 aliphatic carbocycles. The molecule has 2 aliphatic heterocycles. The summed E-state index contributed by atoms with van der Waals surface area (Å²) >= 11 is 0. The fourth-order valence-corrected chi connectivity index (χ4v) is 5.51. The Kier molecular flexibility index (Phi) is 7.60. The number of carbonyl (C=O) groups excluding carboxylic acids is 3. The highest BCUT2D eigenvalue weighted by Gasteiger charge is 2.50. The van der Waals surface area contributed by atoms with E-state index < -0.39 is 12.2 Å². The van der Waals surface area contributed by atoms with Gasteiger partial charge in [-0.15, -0.1) is 0 Å². The van der Waals surface area contributed by atoms with E-state index in [1.54, 1.807) is 57.3 Å². The first kappa shape index (κ1) is 26.4. The van der Waals surface area contributed by atoms with Crippen molar-refractivity contribution >= 4 is 17.7 Å². The minimum atomic E-state index is -0.792. The number of rotatable bonds is 7. The van der Waals surface area contributed by atoms with Crippen molar-refractivity contribution in [3.8, 4) is 5.75 Å². The number of piperazine rings is 1. The molecule has 2 aromatic carbocycles. The van der Waals surface area contributed by atoms with Crippen molar-refractivity contribution in [2.24, 2.45) is 0 Å². The quantitative estimate of drug-likeness (QED) is 0.508. The molecule has 0 radical (unpaired) electrons. The van der Waals surface area contributed by atoms with E-state index in [9.17, 15) is 19.5 Å². The number of aromatic hydroxyl groups is 1. The van der Waals surface area contributed by atoms with E-state index in [4.69, 9.17) is 0 Å². The summed E-state index contributed by atoms with van der Waals surface area (Å²) in [5.74, 6) is -0.374. The number of amides is 3. The van der Waals surface area contributed by atoms with Crippen LogP contribution in [0.1, 0.15) is 36.1 Å². The van der Waals surface area contributed by atoms with Gasteiger partial charge in [0.05, 0.1) is 25.3 Å². The zero-order valence-corrected chi connectivity index (χ0v) is 22.2. The van der Waals surface area contributed by atoms with Crippen LogP contribution in [0.3, 0.4) is 0 Å². The topological polar surface area (TPSA) is 97.3 Å². The Morgan fingerprint density at radius 2 is 1.74 bits per heavy atom. The van der Waals surface area contributed by atoms with Gasteiger partial charge in [0.2, 0.25) is 17.7 Å². The third-order valence-corrected chi connectivity index (χ3v) is 7.49. The van der Waals surface area contributed by atoms with Crippen LogP contribution in [0, 0.1) is 0 Å². The number of carbonyl (C=O) groups is 3. The number of hydrazine groups is 1. The maximum atomic E-state index is 13.9. The molecule has 3 amide bonds. The Morgan fingerprint density at radius 1 is 1.03 bits per heavy atom. The molecule has 2 fully saturated rings. The molecule has 2 saturated heterocycles. The number of phenolic OH excluding ortho intramolecular Hbond substituents is 1. The van der Waals surface area contributed by atoms with Crippen LogP contribution in [0.4, 0.5) is 0 Å². The molecule has 1 unspecified atom stereocenters. The number of hydrogen-bond donors (Lipinski definition) is 1. The van der Waals surface area contributed by atoms with Crippen molar-refractivity contribution in [3.63, 3.8) is 0 Å². The number of phenols is 1. The summed E-state index contributed by atoms with van der Waals surface area (Å²) in [6.45, 7) is 2.48. The fourth-order valence-electron chi connectivity index (χ4n) is 5.51. The molecule has 0 spiro atoms. The summed E-state index contributed by atoms with van der Waals surface area (Å²) in [6, 6.07) is 21.3. The van der Waals surface area contributed by atoms with Crippen LogP contribution in [-0.4, -0.2) is 80.0 Å². The smallest absolute Gasteiger partial charge is 0.246 e. The molecule has 0 bridgehead atoms. The van der Waals surface area contributed by atoms with Crippen LogP contribution in [0.5, 0.6) is 5.75 Å². The van der Waals surface area contributed by atoms with E-state index in [0.29, 0.717) is 0 Å². The molecule has 3 atom stereocenters. The van der Waals surface area contributed by atoms with Crippen molar-refractivity contribution in [2.75, 3.05) is 20.1 Å². The van der Waals surface area contributed by atoms with Crippen LogP contribution in [-0.2, 0) is 27.3 Å². The second-order valence-electron chi connectivity index (χ2n) is 10.3. The first-order valence-corrected chi connectivity index (χ1v) is 13.2. The van der Waals surface area contributed by atoms with Gasteiger partial charge in [0.15, 0.2) is 0 Å². The van der Waals surface area contributed by atoms with Crippen LogP contribution in [0.2, 0.25) is 0 Å². The highest BCUT2D eigenvalue weighted by molar-refractivity contribution is 5.92. The predicted molar refractivity (Wildman–Crippen MR) is 145 cm³/mol. The lowest BCUT2D eigenvalue weighted by atomic mass is 9.96. The van der Waals surface area contributed by atoms with Gasteiger partial charge in [-0.3, -0.25) is 24.4 Å². The Bertz CT molecular complexity index is 1320. The van der Waals surface area contributed by atoms with Crippen LogP contribution in [0.25, 0.3) is 0 Å². The fraction of sp³-hybridized carbons (Fsp3) is 0.333. The van der Waals surface area contributed by atoms with Crippen molar-refractivity contribution in [1.82, 2.24) is 24.8 Å². The Labute approximate surface area is 228 Å². The van der Waals surface area contributed by atoms with E-state index >= 15 is 0 Å². The molecule has 2 aliphatic rings. The molecule has 3 aromatic rings. The zero-order valence-electron chi connectivity index (χ0n) is 22.2. The zero-order chi connectivity index (χ0) is 27.5. The maximum Gasteiger partial charge on any atom is 0.246 e. The molecule has 0 saturated carbocycles. The van der Waals surface area contributed by atoms with E-state index in [1.807, 2.05) is 55.5 Å². The average Bonchev–Trinajstić information content (AvgIpc) is 2.93. The predicted octanol–water partition coefficient (Wildman–Crippen LogP) is 2.78. The normalized spacial score (nSPS) is 20.6. The number of fused-ring (bicyclic) bond motifs is 1. The van der Waals surface area contributed by atoms with Gasteiger partial charge < -0.3 is 14.9 Å². The second-order valence-corrected chi connectivity index (χ2v) is 10.3. The number of nitrogens with zero attached hydrogens (tertiary/aromatic N) is 5. The number of benzene rings is 2. The van der Waals surface area contributed by atoms with Gasteiger partial charge in [-0.2, -0.15) is 0 Å². The number of aromatic nitrogens is 1. The molecule has 5 rings (SSSR count). The summed E-state index contributed by atoms with van der Waals surface area (Å²) in [4.78, 5) is 48.8. The van der Waals surface area contributed by atoms with Crippen LogP contribution in [0.15, 0.2) is 79.0 Å². The number of likely N-dealkylation sites (N-methyl/N-ethyl adjacent to an activating group) is 1. The minimum absolute atomic E-state index is 0.00154. The van der Waals surface area contributed by atoms with Crippen molar-refractivity contribution in [3.05, 3.63) is 95.8 Å². The molecular formula is C30H33N5O4. The van der Waals surface area contributed by atoms with Gasteiger partial charge in [-0.25, -0.2) is 5.01 Å². The Morgan fingerprint density at radius 3 is 2.44 bits per heavy atom. The molecular weight excluding hydrogens is 494 g/mol. The lowest BCUT2D eigenvalue weighted by Gasteiger charge is -2.54. The summed E-state index contributed by atoms with van der Waals surface area (Å²) in [7, 11) is 1.74. The molecule has 202 valence electrons. The van der Waals surface area contributed by atoms with Crippen molar-refractivity contribution in [2.45, 2.75) is 44.4 Å². The minimum Gasteiger partial charge on any atom is -0.508 e. The third-order valence-electron chi connectivity index (χ3n) is 7.49. The summed E-state index contributed by atoms with van der Waals surface area (Å²) in [6.07, 6.45) is 1.58. The van der Waals surface area contributed by atoms with E-state index in [2.05, 4.69) is 4.98 Å². The summed E-state index contributed by atoms with van der Waals surface area (Å²) < 4.78 is 0. The van der Waals surface area contributed by atoms with Gasteiger partial charge in [0.25, 0.3) is 0 Å². The Hall–Kier alpha value is -4.24. The third kappa shape index (κ3) is 5.63. The van der Waals surface area contributed by atoms with Crippen LogP contribution >= 0.6 is 0 Å². The van der Waals surface area contributed by atoms with Gasteiger partial charge >= 0.3 is 0 Å². The van der Waals surface area contributed by atoms with E-state index in [0.717, 1.165) is 16.8 Å². The first-order valence-electron chi connectivity index (χ1n) is 13.2. The standard InChI is InChI=1S/C30H33N5O4/c1-21(23-8-4-3-5-9-23)16-28(37)35-27-19-33(18-24-10-6-7-15-31-24)30(39)26(34(27)29(38)20-32(35)2)17-22-11-13-25(36)14-12-22/h3-15,21,26-27,36H,16-20H2,1-2H3/t21-,26-,27?/m0/s1. The molecule has 9 nitrogen and oxygen atoms in total. The lowest BCUT2D eigenvalue weighted by Crippen LogP contribution is -2.75. The number of pyridine rings is 1. The molecule has 1 aromatic heterocycles. The molecule has 9 heteroatoms. The maximum absolute atomic E-state index is 13.9. The SMILES string of the molecule is C[C@@H](CC(=O)N1C2CN(Cc3ccccn3)C(=O)[C@H](Cc3ccc(O)cc3)N2C(=O)CN1C)c1ccccc1. The highest BCUT2D eigenvalue weighted by Crippen LogP contribution is 2.30. The lowest BCUT2D eigenvalue weighted by molar-refractivity contribution is -0.203. The monoisotopic (exact) mass is 527 g/mol. The van der Waals surface area contributed by atoms with Gasteiger partial charge in [-0.05, 0) is 41.3 Å². The van der Waals surface area contributed by atoms with Crippen molar-refractivity contribution < 1.29 is 19.5 Å². The van der Waals surface area contributed by atoms with Crippen molar-refractivity contribution in [1.29, 1.82) is 0 Å². The van der Waals surface area contributed by atoms with Gasteiger partial charge in [-0.1, -0.05) is 55.5 Å². The molecule has 1 N–H and O–H groups in total.